The van der Waals surface area contributed by atoms with E-state index >= 15 is 0 Å². The van der Waals surface area contributed by atoms with E-state index in [1.165, 1.54) is 11.1 Å². The van der Waals surface area contributed by atoms with Crippen molar-refractivity contribution in [3.05, 3.63) is 43.5 Å². The number of nitrogens with zero attached hydrogens (tertiary/aromatic N) is 2. The summed E-state index contributed by atoms with van der Waals surface area (Å²) in [6.07, 6.45) is 1.84. The van der Waals surface area contributed by atoms with Crippen LogP contribution in [0, 0.1) is 6.92 Å². The Morgan fingerprint density at radius 3 is 2.86 bits per heavy atom. The number of aromatic nitrogens is 1. The van der Waals surface area contributed by atoms with Gasteiger partial charge in [-0.3, -0.25) is 4.98 Å². The standard InChI is InChI=1S/C12H13N2/c1-3-14(2)12-8-9-13-11-7-5-4-6-10(11)12/h4-9H,1,3H2,2H3. The lowest BCUT2D eigenvalue weighted by molar-refractivity contribution is 1.03. The molecular weight excluding hydrogens is 172 g/mol. The smallest absolute Gasteiger partial charge is 0.0722 e. The zero-order valence-electron chi connectivity index (χ0n) is 8.27. The third kappa shape index (κ3) is 1.43. The lowest BCUT2D eigenvalue weighted by Crippen LogP contribution is -2.16. The molecule has 0 saturated carbocycles. The van der Waals surface area contributed by atoms with Crippen molar-refractivity contribution < 1.29 is 0 Å². The van der Waals surface area contributed by atoms with E-state index in [1.807, 2.05) is 37.5 Å². The van der Waals surface area contributed by atoms with Crippen molar-refractivity contribution in [1.82, 2.24) is 4.98 Å². The van der Waals surface area contributed by atoms with Crippen molar-refractivity contribution in [3.8, 4) is 0 Å². The summed E-state index contributed by atoms with van der Waals surface area (Å²) in [7, 11) is 2.04. The van der Waals surface area contributed by atoms with Gasteiger partial charge in [-0.25, -0.2) is 0 Å². The minimum absolute atomic E-state index is 0.758. The Hall–Kier alpha value is -1.57. The monoisotopic (exact) mass is 185 g/mol. The fraction of sp³-hybridized carbons (Fsp3) is 0.167. The van der Waals surface area contributed by atoms with Crippen molar-refractivity contribution in [3.63, 3.8) is 0 Å². The number of anilines is 1. The molecule has 2 heteroatoms. The quantitative estimate of drug-likeness (QED) is 0.714. The van der Waals surface area contributed by atoms with E-state index in [-0.39, 0.29) is 0 Å². The van der Waals surface area contributed by atoms with Gasteiger partial charge in [-0.15, -0.1) is 0 Å². The number of hydrogen-bond acceptors (Lipinski definition) is 2. The van der Waals surface area contributed by atoms with E-state index in [9.17, 15) is 0 Å². The number of rotatable bonds is 2. The summed E-state index contributed by atoms with van der Waals surface area (Å²) in [5.74, 6) is 0. The Kier molecular flexibility index (Phi) is 2.35. The second-order valence-corrected chi connectivity index (χ2v) is 3.27. The molecule has 2 aromatic rings. The minimum Gasteiger partial charge on any atom is -0.374 e. The normalized spacial score (nSPS) is 10.4. The highest BCUT2D eigenvalue weighted by Gasteiger charge is 2.03. The molecule has 1 radical (unpaired) electrons. The van der Waals surface area contributed by atoms with Gasteiger partial charge in [0.1, 0.15) is 0 Å². The van der Waals surface area contributed by atoms with E-state index < -0.39 is 0 Å². The molecule has 1 aromatic heterocycles. The van der Waals surface area contributed by atoms with Gasteiger partial charge in [0.05, 0.1) is 5.52 Å². The third-order valence-corrected chi connectivity index (χ3v) is 2.37. The second-order valence-electron chi connectivity index (χ2n) is 3.27. The highest BCUT2D eigenvalue weighted by atomic mass is 15.1. The Bertz CT molecular complexity index is 432. The number of fused-ring (bicyclic) bond motifs is 1. The maximum absolute atomic E-state index is 4.31. The van der Waals surface area contributed by atoms with E-state index in [0.717, 1.165) is 12.1 Å². The largest absolute Gasteiger partial charge is 0.374 e. The average molecular weight is 185 g/mol. The van der Waals surface area contributed by atoms with Crippen LogP contribution in [0.4, 0.5) is 5.69 Å². The van der Waals surface area contributed by atoms with Crippen molar-refractivity contribution in [2.24, 2.45) is 0 Å². The van der Waals surface area contributed by atoms with Gasteiger partial charge in [0, 0.05) is 30.9 Å². The predicted octanol–water partition coefficient (Wildman–Crippen LogP) is 2.51. The van der Waals surface area contributed by atoms with Crippen molar-refractivity contribution in [2.45, 2.75) is 0 Å². The molecule has 0 aliphatic rings. The van der Waals surface area contributed by atoms with Gasteiger partial charge in [0.25, 0.3) is 0 Å². The van der Waals surface area contributed by atoms with E-state index in [4.69, 9.17) is 0 Å². The molecule has 0 spiro atoms. The van der Waals surface area contributed by atoms with Crippen LogP contribution in [0.5, 0.6) is 0 Å². The van der Waals surface area contributed by atoms with Crippen LogP contribution in [0.25, 0.3) is 10.9 Å². The molecule has 0 unspecified atom stereocenters. The lowest BCUT2D eigenvalue weighted by Gasteiger charge is -2.18. The minimum atomic E-state index is 0.758. The fourth-order valence-electron chi connectivity index (χ4n) is 1.53. The molecule has 2 nitrogen and oxygen atoms in total. The van der Waals surface area contributed by atoms with Crippen LogP contribution in [0.2, 0.25) is 0 Å². The van der Waals surface area contributed by atoms with Crippen LogP contribution >= 0.6 is 0 Å². The van der Waals surface area contributed by atoms with Gasteiger partial charge >= 0.3 is 0 Å². The van der Waals surface area contributed by atoms with Crippen molar-refractivity contribution in [2.75, 3.05) is 18.5 Å². The molecule has 2 rings (SSSR count). The topological polar surface area (TPSA) is 16.1 Å². The summed E-state index contributed by atoms with van der Waals surface area (Å²) in [4.78, 5) is 6.43. The van der Waals surface area contributed by atoms with Gasteiger partial charge in [0.15, 0.2) is 0 Å². The van der Waals surface area contributed by atoms with Gasteiger partial charge in [-0.2, -0.15) is 0 Å². The van der Waals surface area contributed by atoms with Crippen LogP contribution < -0.4 is 4.90 Å². The summed E-state index contributed by atoms with van der Waals surface area (Å²) >= 11 is 0. The summed E-state index contributed by atoms with van der Waals surface area (Å²) in [5.41, 5.74) is 2.22. The number of benzene rings is 1. The lowest BCUT2D eigenvalue weighted by atomic mass is 10.2. The maximum atomic E-state index is 4.31. The number of para-hydroxylation sites is 1. The molecule has 0 N–H and O–H groups in total. The van der Waals surface area contributed by atoms with Crippen molar-refractivity contribution >= 4 is 16.6 Å². The van der Waals surface area contributed by atoms with E-state index in [2.05, 4.69) is 22.9 Å². The first-order valence-corrected chi connectivity index (χ1v) is 4.67. The summed E-state index contributed by atoms with van der Waals surface area (Å²) in [5, 5.41) is 1.18. The van der Waals surface area contributed by atoms with Crippen LogP contribution in [0.3, 0.4) is 0 Å². The van der Waals surface area contributed by atoms with Crippen LogP contribution in [0.15, 0.2) is 36.5 Å². The molecule has 0 saturated heterocycles. The van der Waals surface area contributed by atoms with Crippen LogP contribution in [-0.2, 0) is 0 Å². The van der Waals surface area contributed by atoms with Gasteiger partial charge < -0.3 is 4.90 Å². The summed E-state index contributed by atoms with van der Waals surface area (Å²) in [6, 6.07) is 10.2. The molecule has 0 atom stereocenters. The molecule has 1 heterocycles. The predicted molar refractivity (Wildman–Crippen MR) is 60.4 cm³/mol. The molecule has 1 aromatic carbocycles. The molecule has 0 fully saturated rings. The zero-order chi connectivity index (χ0) is 9.97. The van der Waals surface area contributed by atoms with Gasteiger partial charge in [-0.1, -0.05) is 18.2 Å². The Morgan fingerprint density at radius 2 is 2.07 bits per heavy atom. The number of hydrogen-bond donors (Lipinski definition) is 0. The van der Waals surface area contributed by atoms with E-state index in [0.29, 0.717) is 0 Å². The molecule has 71 valence electrons. The van der Waals surface area contributed by atoms with Crippen LogP contribution in [-0.4, -0.2) is 18.6 Å². The molecule has 14 heavy (non-hydrogen) atoms. The highest BCUT2D eigenvalue weighted by Crippen LogP contribution is 2.23. The summed E-state index contributed by atoms with van der Waals surface area (Å²) < 4.78 is 0. The summed E-state index contributed by atoms with van der Waals surface area (Å²) in [6.45, 7) is 4.63. The molecule has 0 aliphatic heterocycles. The van der Waals surface area contributed by atoms with E-state index in [1.54, 1.807) is 0 Å². The van der Waals surface area contributed by atoms with Crippen LogP contribution in [0.1, 0.15) is 0 Å². The SMILES string of the molecule is [CH2]CN(C)c1ccnc2ccccc12. The Balaban J connectivity index is 2.65. The first-order valence-electron chi connectivity index (χ1n) is 4.67. The Morgan fingerprint density at radius 1 is 1.29 bits per heavy atom. The van der Waals surface area contributed by atoms with Crippen molar-refractivity contribution in [1.29, 1.82) is 0 Å². The number of pyridine rings is 1. The van der Waals surface area contributed by atoms with Gasteiger partial charge in [-0.05, 0) is 19.1 Å². The second kappa shape index (κ2) is 3.66. The average Bonchev–Trinajstić information content (AvgIpc) is 2.27. The molecule has 0 bridgehead atoms. The molecule has 0 amide bonds. The zero-order valence-corrected chi connectivity index (χ0v) is 8.27. The van der Waals surface area contributed by atoms with Gasteiger partial charge in [0.2, 0.25) is 0 Å². The fourth-order valence-corrected chi connectivity index (χ4v) is 1.53. The molecular formula is C12H13N2. The Labute approximate surface area is 84.2 Å². The maximum Gasteiger partial charge on any atom is 0.0722 e. The third-order valence-electron chi connectivity index (χ3n) is 2.37. The molecule has 0 aliphatic carbocycles. The first-order chi connectivity index (χ1) is 6.83. The highest BCUT2D eigenvalue weighted by molar-refractivity contribution is 5.91. The first kappa shape index (κ1) is 9.00.